The van der Waals surface area contributed by atoms with Crippen molar-refractivity contribution in [3.63, 3.8) is 0 Å². The van der Waals surface area contributed by atoms with Crippen molar-refractivity contribution < 1.29 is 21.6 Å². The number of sulfonamides is 1. The molecule has 0 spiro atoms. The largest absolute Gasteiger partial charge is 0.389 e. The minimum absolute atomic E-state index is 0.0141. The van der Waals surface area contributed by atoms with E-state index in [4.69, 9.17) is 0 Å². The first-order chi connectivity index (χ1) is 8.72. The first-order valence-corrected chi connectivity index (χ1v) is 7.81. The van der Waals surface area contributed by atoms with Crippen molar-refractivity contribution in [3.8, 4) is 0 Å². The maximum Gasteiger partial charge on any atom is 0.389 e. The number of hydrogen-bond donors (Lipinski definition) is 1. The van der Waals surface area contributed by atoms with E-state index in [1.165, 1.54) is 6.07 Å². The number of benzene rings is 1. The second-order valence-electron chi connectivity index (χ2n) is 3.90. The van der Waals surface area contributed by atoms with E-state index in [-0.39, 0.29) is 24.3 Å². The van der Waals surface area contributed by atoms with Crippen LogP contribution < -0.4 is 4.72 Å². The summed E-state index contributed by atoms with van der Waals surface area (Å²) in [6.07, 6.45) is -5.05. The molecule has 0 saturated carbocycles. The summed E-state index contributed by atoms with van der Waals surface area (Å²) in [7, 11) is -3.69. The van der Waals surface area contributed by atoms with Gasteiger partial charge in [0.25, 0.3) is 0 Å². The van der Waals surface area contributed by atoms with Gasteiger partial charge in [-0.2, -0.15) is 13.2 Å². The molecule has 3 nitrogen and oxygen atoms in total. The minimum Gasteiger partial charge on any atom is -0.211 e. The normalized spacial score (nSPS) is 12.6. The summed E-state index contributed by atoms with van der Waals surface area (Å²) in [6, 6.07) is 6.25. The second-order valence-corrected chi connectivity index (χ2v) is 6.49. The predicted octanol–water partition coefficient (Wildman–Crippen LogP) is 3.46. The first-order valence-electron chi connectivity index (χ1n) is 5.53. The van der Waals surface area contributed by atoms with Gasteiger partial charge in [0.15, 0.2) is 0 Å². The molecular formula is C11H13BrF3NO2S. The molecule has 0 radical (unpaired) electrons. The average Bonchev–Trinajstić information content (AvgIpc) is 2.27. The fourth-order valence-electron chi connectivity index (χ4n) is 1.40. The summed E-state index contributed by atoms with van der Waals surface area (Å²) in [5.41, 5.74) is 0. The zero-order valence-corrected chi connectivity index (χ0v) is 12.3. The van der Waals surface area contributed by atoms with Crippen molar-refractivity contribution in [1.82, 2.24) is 4.72 Å². The minimum atomic E-state index is -4.19. The predicted molar refractivity (Wildman–Crippen MR) is 69.2 cm³/mol. The van der Waals surface area contributed by atoms with Gasteiger partial charge in [-0.05, 0) is 40.9 Å². The summed E-state index contributed by atoms with van der Waals surface area (Å²) in [6.45, 7) is -0.0141. The number of rotatable bonds is 6. The highest BCUT2D eigenvalue weighted by Gasteiger charge is 2.26. The Morgan fingerprint density at radius 1 is 1.16 bits per heavy atom. The molecular weight excluding hydrogens is 347 g/mol. The Morgan fingerprint density at radius 3 is 2.37 bits per heavy atom. The van der Waals surface area contributed by atoms with Gasteiger partial charge in [0.05, 0.1) is 4.90 Å². The monoisotopic (exact) mass is 359 g/mol. The molecule has 108 valence electrons. The van der Waals surface area contributed by atoms with E-state index in [2.05, 4.69) is 20.7 Å². The molecule has 0 amide bonds. The van der Waals surface area contributed by atoms with Crippen LogP contribution in [-0.2, 0) is 10.0 Å². The van der Waals surface area contributed by atoms with Crippen LogP contribution in [0.5, 0.6) is 0 Å². The Labute approximate surface area is 118 Å². The van der Waals surface area contributed by atoms with E-state index in [1.807, 2.05) is 0 Å². The molecule has 1 aromatic rings. The lowest BCUT2D eigenvalue weighted by Gasteiger charge is -2.09. The third-order valence-electron chi connectivity index (χ3n) is 2.31. The quantitative estimate of drug-likeness (QED) is 0.790. The molecule has 0 fully saturated rings. The van der Waals surface area contributed by atoms with Crippen LogP contribution in [0.15, 0.2) is 33.6 Å². The summed E-state index contributed by atoms with van der Waals surface area (Å²) >= 11 is 3.11. The van der Waals surface area contributed by atoms with Crippen molar-refractivity contribution in [2.75, 3.05) is 6.54 Å². The second kappa shape index (κ2) is 6.71. The third kappa shape index (κ3) is 5.92. The highest BCUT2D eigenvalue weighted by atomic mass is 79.9. The Bertz CT molecular complexity index is 517. The first kappa shape index (κ1) is 16.5. The Balaban J connectivity index is 2.47. The number of hydrogen-bond acceptors (Lipinski definition) is 2. The summed E-state index contributed by atoms with van der Waals surface area (Å²) in [5, 5.41) is 0. The zero-order chi connectivity index (χ0) is 14.5. The van der Waals surface area contributed by atoms with Gasteiger partial charge >= 0.3 is 6.18 Å². The highest BCUT2D eigenvalue weighted by Crippen LogP contribution is 2.23. The standard InChI is InChI=1S/C11H13BrF3NO2S/c12-9-5-1-2-6-10(9)19(17,18)16-8-4-3-7-11(13,14)15/h1-2,5-6,16H,3-4,7-8H2. The van der Waals surface area contributed by atoms with E-state index in [9.17, 15) is 21.6 Å². The molecule has 0 saturated heterocycles. The van der Waals surface area contributed by atoms with Crippen molar-refractivity contribution in [3.05, 3.63) is 28.7 Å². The van der Waals surface area contributed by atoms with Gasteiger partial charge in [0.2, 0.25) is 10.0 Å². The lowest BCUT2D eigenvalue weighted by molar-refractivity contribution is -0.135. The SMILES string of the molecule is O=S(=O)(NCCCCC(F)(F)F)c1ccccc1Br. The summed E-state index contributed by atoms with van der Waals surface area (Å²) in [5.74, 6) is 0. The van der Waals surface area contributed by atoms with Gasteiger partial charge in [0.1, 0.15) is 0 Å². The van der Waals surface area contributed by atoms with E-state index in [0.29, 0.717) is 4.47 Å². The average molecular weight is 360 g/mol. The van der Waals surface area contributed by atoms with Crippen molar-refractivity contribution >= 4 is 26.0 Å². The number of alkyl halides is 3. The molecule has 0 aliphatic rings. The molecule has 0 aromatic heterocycles. The molecule has 1 aromatic carbocycles. The molecule has 0 unspecified atom stereocenters. The van der Waals surface area contributed by atoms with Crippen molar-refractivity contribution in [1.29, 1.82) is 0 Å². The number of unbranched alkanes of at least 4 members (excludes halogenated alkanes) is 1. The van der Waals surface area contributed by atoms with Crippen LogP contribution in [0.4, 0.5) is 13.2 Å². The van der Waals surface area contributed by atoms with Crippen LogP contribution in [0.1, 0.15) is 19.3 Å². The smallest absolute Gasteiger partial charge is 0.211 e. The third-order valence-corrected chi connectivity index (χ3v) is 4.78. The summed E-state index contributed by atoms with van der Waals surface area (Å²) < 4.78 is 62.1. The van der Waals surface area contributed by atoms with Crippen LogP contribution in [0.3, 0.4) is 0 Å². The van der Waals surface area contributed by atoms with Gasteiger partial charge < -0.3 is 0 Å². The lowest BCUT2D eigenvalue weighted by Crippen LogP contribution is -2.25. The van der Waals surface area contributed by atoms with Gasteiger partial charge in [-0.1, -0.05) is 12.1 Å². The maximum absolute atomic E-state index is 11.9. The Kier molecular flexibility index (Phi) is 5.82. The molecule has 1 N–H and O–H groups in total. The van der Waals surface area contributed by atoms with E-state index < -0.39 is 22.6 Å². The van der Waals surface area contributed by atoms with Crippen LogP contribution >= 0.6 is 15.9 Å². The number of halogens is 4. The topological polar surface area (TPSA) is 46.2 Å². The molecule has 0 aliphatic carbocycles. The maximum atomic E-state index is 11.9. The van der Waals surface area contributed by atoms with Crippen LogP contribution in [-0.4, -0.2) is 21.1 Å². The molecule has 19 heavy (non-hydrogen) atoms. The van der Waals surface area contributed by atoms with Gasteiger partial charge in [0, 0.05) is 17.4 Å². The van der Waals surface area contributed by atoms with E-state index >= 15 is 0 Å². The molecule has 8 heteroatoms. The van der Waals surface area contributed by atoms with Crippen molar-refractivity contribution in [2.45, 2.75) is 30.3 Å². The molecule has 0 atom stereocenters. The van der Waals surface area contributed by atoms with E-state index in [0.717, 1.165) is 0 Å². The van der Waals surface area contributed by atoms with Gasteiger partial charge in [-0.15, -0.1) is 0 Å². The molecule has 1 rings (SSSR count). The lowest BCUT2D eigenvalue weighted by atomic mass is 10.2. The van der Waals surface area contributed by atoms with E-state index in [1.54, 1.807) is 18.2 Å². The Morgan fingerprint density at radius 2 is 1.79 bits per heavy atom. The van der Waals surface area contributed by atoms with Crippen molar-refractivity contribution in [2.24, 2.45) is 0 Å². The van der Waals surface area contributed by atoms with Crippen LogP contribution in [0, 0.1) is 0 Å². The molecule has 0 aliphatic heterocycles. The van der Waals surface area contributed by atoms with Gasteiger partial charge in [-0.25, -0.2) is 13.1 Å². The van der Waals surface area contributed by atoms with Crippen LogP contribution in [0.2, 0.25) is 0 Å². The van der Waals surface area contributed by atoms with Crippen LogP contribution in [0.25, 0.3) is 0 Å². The highest BCUT2D eigenvalue weighted by molar-refractivity contribution is 9.10. The Hall–Kier alpha value is -0.600. The number of nitrogens with one attached hydrogen (secondary N) is 1. The zero-order valence-electron chi connectivity index (χ0n) is 9.87. The molecule has 0 heterocycles. The fraction of sp³-hybridized carbons (Fsp3) is 0.455. The molecule has 0 bridgehead atoms. The summed E-state index contributed by atoms with van der Waals surface area (Å²) in [4.78, 5) is 0.0748. The fourth-order valence-corrected chi connectivity index (χ4v) is 3.47. The van der Waals surface area contributed by atoms with Gasteiger partial charge in [-0.3, -0.25) is 0 Å².